The van der Waals surface area contributed by atoms with Gasteiger partial charge in [0.05, 0.1) is 16.6 Å². The normalized spacial score (nSPS) is 11.4. The summed E-state index contributed by atoms with van der Waals surface area (Å²) in [6, 6.07) is 5.04. The number of carboxylic acids is 1. The SMILES string of the molecule is CC#CCCC(C(=O)O)c1cccc(Cl)c1N. The van der Waals surface area contributed by atoms with E-state index < -0.39 is 11.9 Å². The molecule has 3 nitrogen and oxygen atoms in total. The number of anilines is 1. The van der Waals surface area contributed by atoms with Crippen LogP contribution in [0, 0.1) is 11.8 Å². The van der Waals surface area contributed by atoms with Gasteiger partial charge in [-0.25, -0.2) is 0 Å². The fourth-order valence-electron chi connectivity index (χ4n) is 1.61. The summed E-state index contributed by atoms with van der Waals surface area (Å²) in [6.45, 7) is 1.73. The minimum atomic E-state index is -0.906. The smallest absolute Gasteiger partial charge is 0.311 e. The molecule has 4 heteroatoms. The second-order valence-corrected chi connectivity index (χ2v) is 4.01. The number of hydrogen-bond acceptors (Lipinski definition) is 2. The fourth-order valence-corrected chi connectivity index (χ4v) is 1.79. The zero-order chi connectivity index (χ0) is 12.8. The molecule has 1 unspecified atom stereocenters. The number of para-hydroxylation sites is 1. The molecule has 0 radical (unpaired) electrons. The Morgan fingerprint density at radius 3 is 2.88 bits per heavy atom. The molecule has 0 fully saturated rings. The lowest BCUT2D eigenvalue weighted by atomic mass is 9.93. The maximum atomic E-state index is 11.2. The van der Waals surface area contributed by atoms with Gasteiger partial charge in [0.25, 0.3) is 0 Å². The number of aliphatic carboxylic acids is 1. The summed E-state index contributed by atoms with van der Waals surface area (Å²) >= 11 is 5.88. The van der Waals surface area contributed by atoms with Crippen molar-refractivity contribution in [3.63, 3.8) is 0 Å². The molecule has 1 atom stereocenters. The van der Waals surface area contributed by atoms with Crippen molar-refractivity contribution in [1.82, 2.24) is 0 Å². The standard InChI is InChI=1S/C13H14ClNO2/c1-2-3-4-6-10(13(16)17)9-7-5-8-11(14)12(9)15/h5,7-8,10H,4,6,15H2,1H3,(H,16,17). The Hall–Kier alpha value is -1.66. The van der Waals surface area contributed by atoms with Gasteiger partial charge in [0, 0.05) is 6.42 Å². The first kappa shape index (κ1) is 13.4. The van der Waals surface area contributed by atoms with Crippen LogP contribution >= 0.6 is 11.6 Å². The predicted octanol–water partition coefficient (Wildman–Crippen LogP) is 2.89. The third-order valence-electron chi connectivity index (χ3n) is 2.49. The van der Waals surface area contributed by atoms with Crippen LogP contribution in [0.3, 0.4) is 0 Å². The Morgan fingerprint density at radius 2 is 2.29 bits per heavy atom. The average Bonchev–Trinajstić information content (AvgIpc) is 2.29. The lowest BCUT2D eigenvalue weighted by molar-refractivity contribution is -0.138. The van der Waals surface area contributed by atoms with Crippen LogP contribution in [0.2, 0.25) is 5.02 Å². The van der Waals surface area contributed by atoms with Crippen molar-refractivity contribution in [2.75, 3.05) is 5.73 Å². The topological polar surface area (TPSA) is 63.3 Å². The van der Waals surface area contributed by atoms with Crippen LogP contribution < -0.4 is 5.73 Å². The number of halogens is 1. The van der Waals surface area contributed by atoms with Gasteiger partial charge in [-0.2, -0.15) is 0 Å². The molecule has 0 bridgehead atoms. The van der Waals surface area contributed by atoms with E-state index in [1.165, 1.54) is 0 Å². The Balaban J connectivity index is 3.00. The van der Waals surface area contributed by atoms with Gasteiger partial charge in [-0.15, -0.1) is 11.8 Å². The summed E-state index contributed by atoms with van der Waals surface area (Å²) in [5.41, 5.74) is 6.69. The number of benzene rings is 1. The molecule has 0 aliphatic carbocycles. The molecule has 0 saturated carbocycles. The largest absolute Gasteiger partial charge is 0.481 e. The summed E-state index contributed by atoms with van der Waals surface area (Å²) in [5.74, 6) is 4.03. The summed E-state index contributed by atoms with van der Waals surface area (Å²) in [4.78, 5) is 11.2. The van der Waals surface area contributed by atoms with Crippen LogP contribution in [0.5, 0.6) is 0 Å². The number of rotatable bonds is 4. The van der Waals surface area contributed by atoms with Crippen molar-refractivity contribution in [2.45, 2.75) is 25.7 Å². The first-order valence-electron chi connectivity index (χ1n) is 5.24. The van der Waals surface area contributed by atoms with Gasteiger partial charge in [-0.3, -0.25) is 4.79 Å². The van der Waals surface area contributed by atoms with Crippen LogP contribution in [0.15, 0.2) is 18.2 Å². The summed E-state index contributed by atoms with van der Waals surface area (Å²) in [6.07, 6.45) is 0.958. The first-order chi connectivity index (χ1) is 8.07. The molecule has 90 valence electrons. The molecule has 0 heterocycles. The van der Waals surface area contributed by atoms with Crippen molar-refractivity contribution in [3.8, 4) is 11.8 Å². The molecular formula is C13H14ClNO2. The summed E-state index contributed by atoms with van der Waals surface area (Å²) in [5, 5.41) is 9.58. The monoisotopic (exact) mass is 251 g/mol. The molecule has 17 heavy (non-hydrogen) atoms. The maximum absolute atomic E-state index is 11.2. The maximum Gasteiger partial charge on any atom is 0.311 e. The van der Waals surface area contributed by atoms with E-state index in [0.717, 1.165) is 0 Å². The van der Waals surface area contributed by atoms with Gasteiger partial charge < -0.3 is 10.8 Å². The first-order valence-corrected chi connectivity index (χ1v) is 5.62. The van der Waals surface area contributed by atoms with Crippen LogP contribution in [0.25, 0.3) is 0 Å². The van der Waals surface area contributed by atoms with Gasteiger partial charge >= 0.3 is 5.97 Å². The zero-order valence-corrected chi connectivity index (χ0v) is 10.3. The molecule has 1 aromatic rings. The molecule has 0 aromatic heterocycles. The van der Waals surface area contributed by atoms with E-state index in [0.29, 0.717) is 29.1 Å². The number of hydrogen-bond donors (Lipinski definition) is 2. The van der Waals surface area contributed by atoms with Crippen LogP contribution in [-0.2, 0) is 4.79 Å². The number of nitrogen functional groups attached to an aromatic ring is 1. The van der Waals surface area contributed by atoms with Gasteiger partial charge in [-0.05, 0) is 25.0 Å². The van der Waals surface area contributed by atoms with Crippen molar-refractivity contribution in [2.24, 2.45) is 0 Å². The van der Waals surface area contributed by atoms with E-state index in [-0.39, 0.29) is 0 Å². The van der Waals surface area contributed by atoms with E-state index in [1.807, 2.05) is 0 Å². The third-order valence-corrected chi connectivity index (χ3v) is 2.82. The average molecular weight is 252 g/mol. The van der Waals surface area contributed by atoms with Gasteiger partial charge in [0.15, 0.2) is 0 Å². The van der Waals surface area contributed by atoms with Crippen molar-refractivity contribution < 1.29 is 9.90 Å². The van der Waals surface area contributed by atoms with Gasteiger partial charge in [0.1, 0.15) is 0 Å². The highest BCUT2D eigenvalue weighted by molar-refractivity contribution is 6.33. The highest BCUT2D eigenvalue weighted by Gasteiger charge is 2.22. The summed E-state index contributed by atoms with van der Waals surface area (Å²) < 4.78 is 0. The van der Waals surface area contributed by atoms with Crippen molar-refractivity contribution in [1.29, 1.82) is 0 Å². The Morgan fingerprint density at radius 1 is 1.59 bits per heavy atom. The predicted molar refractivity (Wildman–Crippen MR) is 68.9 cm³/mol. The Labute approximate surface area is 106 Å². The van der Waals surface area contributed by atoms with E-state index >= 15 is 0 Å². The second kappa shape index (κ2) is 6.17. The van der Waals surface area contributed by atoms with Crippen LogP contribution in [0.1, 0.15) is 31.2 Å². The van der Waals surface area contributed by atoms with E-state index in [4.69, 9.17) is 17.3 Å². The number of carbonyl (C=O) groups is 1. The Kier molecular flexibility index (Phi) is 4.86. The van der Waals surface area contributed by atoms with E-state index in [2.05, 4.69) is 11.8 Å². The molecule has 0 amide bonds. The molecular weight excluding hydrogens is 238 g/mol. The van der Waals surface area contributed by atoms with Crippen molar-refractivity contribution in [3.05, 3.63) is 28.8 Å². The molecule has 0 aliphatic heterocycles. The molecule has 0 spiro atoms. The molecule has 3 N–H and O–H groups in total. The molecule has 1 rings (SSSR count). The van der Waals surface area contributed by atoms with E-state index in [1.54, 1.807) is 25.1 Å². The molecule has 1 aromatic carbocycles. The Bertz CT molecular complexity index is 474. The van der Waals surface area contributed by atoms with Gasteiger partial charge in [-0.1, -0.05) is 23.7 Å². The molecule has 0 aliphatic rings. The number of nitrogens with two attached hydrogens (primary N) is 1. The summed E-state index contributed by atoms with van der Waals surface area (Å²) in [7, 11) is 0. The number of carboxylic acid groups (broad SMARTS) is 1. The highest BCUT2D eigenvalue weighted by Crippen LogP contribution is 2.31. The molecule has 0 saturated heterocycles. The second-order valence-electron chi connectivity index (χ2n) is 3.60. The quantitative estimate of drug-likeness (QED) is 0.639. The van der Waals surface area contributed by atoms with Gasteiger partial charge in [0.2, 0.25) is 0 Å². The lowest BCUT2D eigenvalue weighted by Crippen LogP contribution is -2.13. The van der Waals surface area contributed by atoms with E-state index in [9.17, 15) is 9.90 Å². The third kappa shape index (κ3) is 3.40. The highest BCUT2D eigenvalue weighted by atomic mass is 35.5. The minimum Gasteiger partial charge on any atom is -0.481 e. The fraction of sp³-hybridized carbons (Fsp3) is 0.308. The zero-order valence-electron chi connectivity index (χ0n) is 9.53. The lowest BCUT2D eigenvalue weighted by Gasteiger charge is -2.14. The van der Waals surface area contributed by atoms with Crippen LogP contribution in [-0.4, -0.2) is 11.1 Å². The minimum absolute atomic E-state index is 0.339. The van der Waals surface area contributed by atoms with Crippen molar-refractivity contribution >= 4 is 23.3 Å². The van der Waals surface area contributed by atoms with Crippen LogP contribution in [0.4, 0.5) is 5.69 Å².